The molecule has 0 atom stereocenters. The summed E-state index contributed by atoms with van der Waals surface area (Å²) >= 11 is 0. The first kappa shape index (κ1) is 11.9. The number of aliphatic imine (C=N–C) groups is 1. The maximum Gasteiger partial charge on any atom is 0.0277 e. The Morgan fingerprint density at radius 3 is 2.38 bits per heavy atom. The van der Waals surface area contributed by atoms with Crippen molar-refractivity contribution in [2.45, 2.75) is 27.2 Å². The van der Waals surface area contributed by atoms with Crippen LogP contribution in [0, 0.1) is 0 Å². The fraction of sp³-hybridized carbons (Fsp3) is 0.417. The molecule has 0 bridgehead atoms. The molecule has 0 saturated carbocycles. The Morgan fingerprint density at radius 1 is 1.46 bits per heavy atom. The number of hydrogen-bond donors (Lipinski definition) is 0. The minimum absolute atomic E-state index is 0.990. The van der Waals surface area contributed by atoms with Crippen LogP contribution in [-0.4, -0.2) is 13.3 Å². The van der Waals surface area contributed by atoms with Crippen LogP contribution in [0.25, 0.3) is 0 Å². The Morgan fingerprint density at radius 2 is 2.08 bits per heavy atom. The van der Waals surface area contributed by atoms with Crippen LogP contribution in [0.15, 0.2) is 40.4 Å². The Hall–Kier alpha value is -1.11. The van der Waals surface area contributed by atoms with E-state index in [2.05, 4.69) is 24.6 Å². The van der Waals surface area contributed by atoms with Crippen molar-refractivity contribution in [2.24, 2.45) is 4.99 Å². The molecule has 0 heterocycles. The summed E-state index contributed by atoms with van der Waals surface area (Å²) in [6.07, 6.45) is 7.01. The van der Waals surface area contributed by atoms with Crippen LogP contribution in [-0.2, 0) is 0 Å². The van der Waals surface area contributed by atoms with Gasteiger partial charge in [-0.15, -0.1) is 0 Å². The Balaban J connectivity index is 5.12. The quantitative estimate of drug-likeness (QED) is 0.460. The molecule has 0 aliphatic heterocycles. The summed E-state index contributed by atoms with van der Waals surface area (Å²) in [5.41, 5.74) is 3.54. The zero-order valence-corrected chi connectivity index (χ0v) is 9.09. The maximum atomic E-state index is 4.03. The summed E-state index contributed by atoms with van der Waals surface area (Å²) in [5.74, 6) is 0. The van der Waals surface area contributed by atoms with Crippen LogP contribution in [0.3, 0.4) is 0 Å². The lowest BCUT2D eigenvalue weighted by Crippen LogP contribution is -1.91. The van der Waals surface area contributed by atoms with E-state index in [0.29, 0.717) is 0 Å². The SMILES string of the molecule is C=C(C)C(/C=C\C)=C(/C=NC)CC. The third-order valence-electron chi connectivity index (χ3n) is 1.80. The van der Waals surface area contributed by atoms with Crippen molar-refractivity contribution in [3.05, 3.63) is 35.5 Å². The topological polar surface area (TPSA) is 12.4 Å². The highest BCUT2D eigenvalue weighted by Crippen LogP contribution is 2.15. The molecule has 0 rings (SSSR count). The molecule has 0 aliphatic rings. The second kappa shape index (κ2) is 6.41. The predicted octanol–water partition coefficient (Wildman–Crippen LogP) is 3.55. The molecule has 1 heteroatoms. The lowest BCUT2D eigenvalue weighted by atomic mass is 10.0. The predicted molar refractivity (Wildman–Crippen MR) is 61.4 cm³/mol. The summed E-state index contributed by atoms with van der Waals surface area (Å²) in [5, 5.41) is 0. The number of nitrogens with zero attached hydrogens (tertiary/aromatic N) is 1. The second-order valence-electron chi connectivity index (χ2n) is 2.96. The van der Waals surface area contributed by atoms with E-state index >= 15 is 0 Å². The number of rotatable bonds is 4. The van der Waals surface area contributed by atoms with E-state index in [0.717, 1.165) is 12.0 Å². The molecule has 0 aromatic carbocycles. The maximum absolute atomic E-state index is 4.03. The van der Waals surface area contributed by atoms with Gasteiger partial charge in [0.2, 0.25) is 0 Å². The van der Waals surface area contributed by atoms with Gasteiger partial charge in [0.15, 0.2) is 0 Å². The van der Waals surface area contributed by atoms with Crippen molar-refractivity contribution in [3.8, 4) is 0 Å². The van der Waals surface area contributed by atoms with Gasteiger partial charge in [0.1, 0.15) is 0 Å². The number of allylic oxidation sites excluding steroid dienone is 5. The van der Waals surface area contributed by atoms with Crippen LogP contribution >= 0.6 is 0 Å². The van der Waals surface area contributed by atoms with Gasteiger partial charge in [-0.05, 0) is 31.4 Å². The lowest BCUT2D eigenvalue weighted by Gasteiger charge is -2.05. The molecular weight excluding hydrogens is 158 g/mol. The second-order valence-corrected chi connectivity index (χ2v) is 2.96. The molecular formula is C12H19N. The van der Waals surface area contributed by atoms with Crippen LogP contribution in [0.5, 0.6) is 0 Å². The summed E-state index contributed by atoms with van der Waals surface area (Å²) in [6, 6.07) is 0. The van der Waals surface area contributed by atoms with Gasteiger partial charge in [-0.25, -0.2) is 0 Å². The first-order chi connectivity index (χ1) is 6.17. The van der Waals surface area contributed by atoms with Crippen molar-refractivity contribution in [1.29, 1.82) is 0 Å². The number of hydrogen-bond acceptors (Lipinski definition) is 1. The minimum atomic E-state index is 0.990. The van der Waals surface area contributed by atoms with Gasteiger partial charge in [-0.3, -0.25) is 4.99 Å². The molecule has 0 amide bonds. The molecule has 0 aromatic heterocycles. The largest absolute Gasteiger partial charge is 0.296 e. The first-order valence-corrected chi connectivity index (χ1v) is 4.61. The van der Waals surface area contributed by atoms with Gasteiger partial charge < -0.3 is 0 Å². The molecule has 0 fully saturated rings. The minimum Gasteiger partial charge on any atom is -0.296 e. The van der Waals surface area contributed by atoms with E-state index in [4.69, 9.17) is 0 Å². The summed E-state index contributed by atoms with van der Waals surface area (Å²) < 4.78 is 0. The first-order valence-electron chi connectivity index (χ1n) is 4.61. The fourth-order valence-electron chi connectivity index (χ4n) is 1.20. The van der Waals surface area contributed by atoms with Gasteiger partial charge in [-0.1, -0.05) is 31.2 Å². The van der Waals surface area contributed by atoms with E-state index in [1.165, 1.54) is 11.1 Å². The highest BCUT2D eigenvalue weighted by molar-refractivity contribution is 5.81. The smallest absolute Gasteiger partial charge is 0.0277 e. The standard InChI is InChI=1S/C12H19N/c1-6-8-12(10(3)4)11(7-2)9-13-5/h6,8-9H,3,7H2,1-2,4-5H3/b8-6-,12-11+,13-9?. The molecule has 0 aromatic rings. The zero-order valence-electron chi connectivity index (χ0n) is 9.09. The average molecular weight is 177 g/mol. The van der Waals surface area contributed by atoms with Gasteiger partial charge in [0.25, 0.3) is 0 Å². The van der Waals surface area contributed by atoms with Gasteiger partial charge in [0.05, 0.1) is 0 Å². The summed E-state index contributed by atoms with van der Waals surface area (Å²) in [6.45, 7) is 10.1. The van der Waals surface area contributed by atoms with Crippen LogP contribution in [0.4, 0.5) is 0 Å². The van der Waals surface area contributed by atoms with E-state index in [-0.39, 0.29) is 0 Å². The Kier molecular flexibility index (Phi) is 5.86. The normalized spacial score (nSPS) is 13.8. The lowest BCUT2D eigenvalue weighted by molar-refractivity contribution is 1.15. The van der Waals surface area contributed by atoms with Crippen molar-refractivity contribution < 1.29 is 0 Å². The third-order valence-corrected chi connectivity index (χ3v) is 1.80. The van der Waals surface area contributed by atoms with Crippen molar-refractivity contribution >= 4 is 6.21 Å². The van der Waals surface area contributed by atoms with E-state index < -0.39 is 0 Å². The molecule has 1 nitrogen and oxygen atoms in total. The Bertz CT molecular complexity index is 254. The fourth-order valence-corrected chi connectivity index (χ4v) is 1.20. The molecule has 0 spiro atoms. The molecule has 0 unspecified atom stereocenters. The summed E-state index contributed by atoms with van der Waals surface area (Å²) in [7, 11) is 1.79. The van der Waals surface area contributed by atoms with Gasteiger partial charge >= 0.3 is 0 Å². The van der Waals surface area contributed by atoms with Crippen LogP contribution < -0.4 is 0 Å². The van der Waals surface area contributed by atoms with Crippen LogP contribution in [0.2, 0.25) is 0 Å². The highest BCUT2D eigenvalue weighted by Gasteiger charge is 1.99. The average Bonchev–Trinajstić information content (AvgIpc) is 2.10. The molecule has 72 valence electrons. The van der Waals surface area contributed by atoms with E-state index in [1.54, 1.807) is 7.05 Å². The summed E-state index contributed by atoms with van der Waals surface area (Å²) in [4.78, 5) is 4.03. The molecule has 13 heavy (non-hydrogen) atoms. The van der Waals surface area contributed by atoms with Crippen molar-refractivity contribution in [2.75, 3.05) is 7.05 Å². The van der Waals surface area contributed by atoms with Gasteiger partial charge in [-0.2, -0.15) is 0 Å². The molecule has 0 radical (unpaired) electrons. The third kappa shape index (κ3) is 3.88. The molecule has 0 saturated heterocycles. The highest BCUT2D eigenvalue weighted by atomic mass is 14.6. The van der Waals surface area contributed by atoms with Gasteiger partial charge in [0, 0.05) is 13.3 Å². The Labute approximate surface area is 81.6 Å². The monoisotopic (exact) mass is 177 g/mol. The molecule has 0 aliphatic carbocycles. The van der Waals surface area contributed by atoms with E-state index in [9.17, 15) is 0 Å². The van der Waals surface area contributed by atoms with E-state index in [1.807, 2.05) is 26.1 Å². The zero-order chi connectivity index (χ0) is 10.3. The van der Waals surface area contributed by atoms with Crippen molar-refractivity contribution in [3.63, 3.8) is 0 Å². The van der Waals surface area contributed by atoms with Crippen LogP contribution in [0.1, 0.15) is 27.2 Å². The molecule has 0 N–H and O–H groups in total. The van der Waals surface area contributed by atoms with Crippen molar-refractivity contribution in [1.82, 2.24) is 0 Å².